The van der Waals surface area contributed by atoms with Crippen LogP contribution in [0.4, 0.5) is 17.1 Å². The smallest absolute Gasteiger partial charge is 0.333 e. The van der Waals surface area contributed by atoms with Gasteiger partial charge in [-0.3, -0.25) is 10.1 Å². The summed E-state index contributed by atoms with van der Waals surface area (Å²) in [6.45, 7) is 6.56. The van der Waals surface area contributed by atoms with Crippen LogP contribution in [0, 0.1) is 10.1 Å². The fourth-order valence-electron chi connectivity index (χ4n) is 4.11. The molecular weight excluding hydrogens is 456 g/mol. The number of hydrogen-bond acceptors (Lipinski definition) is 6. The summed E-state index contributed by atoms with van der Waals surface area (Å²) in [4.78, 5) is 21.8. The molecule has 0 fully saturated rings. The zero-order chi connectivity index (χ0) is 25.5. The molecule has 36 heavy (non-hydrogen) atoms. The van der Waals surface area contributed by atoms with Gasteiger partial charge in [-0.25, -0.2) is 4.79 Å². The van der Waals surface area contributed by atoms with E-state index in [2.05, 4.69) is 39.6 Å². The molecule has 3 aromatic carbocycles. The highest BCUT2D eigenvalue weighted by molar-refractivity contribution is 6.08. The van der Waals surface area contributed by atoms with Crippen molar-refractivity contribution in [1.29, 1.82) is 0 Å². The number of rotatable bonds is 11. The van der Waals surface area contributed by atoms with Crippen LogP contribution in [0.3, 0.4) is 0 Å². The Morgan fingerprint density at radius 3 is 2.33 bits per heavy atom. The Bertz CT molecular complexity index is 1440. The number of para-hydroxylation sites is 1. The monoisotopic (exact) mass is 484 g/mol. The van der Waals surface area contributed by atoms with Gasteiger partial charge in [-0.1, -0.05) is 31.2 Å². The SMILES string of the molecule is C=C(C)C(=O)OCCCCCCn1c2ccccc2c2cc(N=Nc3ccc([N+](=O)[O-])cc3)ccc21. The van der Waals surface area contributed by atoms with E-state index in [4.69, 9.17) is 4.74 Å². The summed E-state index contributed by atoms with van der Waals surface area (Å²) >= 11 is 0. The van der Waals surface area contributed by atoms with E-state index in [-0.39, 0.29) is 11.7 Å². The second-order valence-electron chi connectivity index (χ2n) is 8.67. The first kappa shape index (κ1) is 24.8. The molecule has 1 aromatic heterocycles. The van der Waals surface area contributed by atoms with Crippen LogP contribution in [0.2, 0.25) is 0 Å². The number of ether oxygens (including phenoxy) is 1. The van der Waals surface area contributed by atoms with Gasteiger partial charge in [0.15, 0.2) is 0 Å². The van der Waals surface area contributed by atoms with Gasteiger partial charge in [0.2, 0.25) is 0 Å². The lowest BCUT2D eigenvalue weighted by Crippen LogP contribution is -2.06. The number of nitro benzene ring substituents is 1. The van der Waals surface area contributed by atoms with E-state index in [1.54, 1.807) is 19.1 Å². The van der Waals surface area contributed by atoms with E-state index in [1.807, 2.05) is 24.3 Å². The van der Waals surface area contributed by atoms with Crippen molar-refractivity contribution < 1.29 is 14.5 Å². The van der Waals surface area contributed by atoms with E-state index in [9.17, 15) is 14.9 Å². The molecule has 0 aliphatic heterocycles. The standard InChI is InChI=1S/C28H28N4O4/c1-20(2)28(33)36-18-8-4-3-7-17-31-26-10-6-5-9-24(26)25-19-22(13-16-27(25)31)30-29-21-11-14-23(15-12-21)32(34)35/h5-6,9-16,19H,1,3-4,7-8,17-18H2,2H3. The molecule has 4 aromatic rings. The van der Waals surface area contributed by atoms with Crippen LogP contribution in [0.1, 0.15) is 32.6 Å². The number of unbranched alkanes of at least 4 members (excludes halogenated alkanes) is 3. The van der Waals surface area contributed by atoms with Crippen molar-refractivity contribution in [3.8, 4) is 0 Å². The minimum absolute atomic E-state index is 0.0226. The quantitative estimate of drug-likeness (QED) is 0.0541. The minimum Gasteiger partial charge on any atom is -0.462 e. The van der Waals surface area contributed by atoms with Gasteiger partial charge >= 0.3 is 5.97 Å². The van der Waals surface area contributed by atoms with Crippen LogP contribution >= 0.6 is 0 Å². The Kier molecular flexibility index (Phi) is 7.85. The van der Waals surface area contributed by atoms with Crippen molar-refractivity contribution >= 4 is 44.8 Å². The van der Waals surface area contributed by atoms with Gasteiger partial charge in [0.1, 0.15) is 0 Å². The Morgan fingerprint density at radius 2 is 1.58 bits per heavy atom. The van der Waals surface area contributed by atoms with Gasteiger partial charge in [-0.15, -0.1) is 0 Å². The number of non-ortho nitro benzene ring substituents is 1. The molecule has 0 aliphatic carbocycles. The van der Waals surface area contributed by atoms with Gasteiger partial charge in [-0.05, 0) is 62.6 Å². The van der Waals surface area contributed by atoms with Gasteiger partial charge < -0.3 is 9.30 Å². The first-order valence-electron chi connectivity index (χ1n) is 11.9. The summed E-state index contributed by atoms with van der Waals surface area (Å²) in [5.41, 5.74) is 4.03. The number of azo groups is 1. The van der Waals surface area contributed by atoms with Gasteiger partial charge in [0, 0.05) is 46.1 Å². The largest absolute Gasteiger partial charge is 0.462 e. The van der Waals surface area contributed by atoms with Crippen molar-refractivity contribution in [3.05, 3.63) is 89.0 Å². The molecule has 0 saturated carbocycles. The summed E-state index contributed by atoms with van der Waals surface area (Å²) in [6, 6.07) is 20.3. The fourth-order valence-corrected chi connectivity index (χ4v) is 4.11. The first-order chi connectivity index (χ1) is 17.4. The number of hydrogen-bond donors (Lipinski definition) is 0. The molecule has 0 atom stereocenters. The van der Waals surface area contributed by atoms with Crippen molar-refractivity contribution in [3.63, 3.8) is 0 Å². The lowest BCUT2D eigenvalue weighted by molar-refractivity contribution is -0.384. The Labute approximate surface area is 209 Å². The molecule has 0 radical (unpaired) electrons. The molecule has 8 nitrogen and oxygen atoms in total. The lowest BCUT2D eigenvalue weighted by Gasteiger charge is -2.08. The summed E-state index contributed by atoms with van der Waals surface area (Å²) in [7, 11) is 0. The highest BCUT2D eigenvalue weighted by Crippen LogP contribution is 2.33. The summed E-state index contributed by atoms with van der Waals surface area (Å²) < 4.78 is 7.49. The molecule has 0 spiro atoms. The number of nitrogens with zero attached hydrogens (tertiary/aromatic N) is 4. The van der Waals surface area contributed by atoms with Crippen LogP contribution < -0.4 is 0 Å². The third-order valence-corrected chi connectivity index (χ3v) is 5.96. The molecule has 8 heteroatoms. The molecule has 0 aliphatic rings. The van der Waals surface area contributed by atoms with Crippen LogP contribution in [0.25, 0.3) is 21.8 Å². The predicted molar refractivity (Wildman–Crippen MR) is 141 cm³/mol. The number of benzene rings is 3. The van der Waals surface area contributed by atoms with Gasteiger partial charge in [0.05, 0.1) is 22.9 Å². The Balaban J connectivity index is 1.44. The highest BCUT2D eigenvalue weighted by atomic mass is 16.6. The molecule has 184 valence electrons. The molecule has 0 saturated heterocycles. The number of fused-ring (bicyclic) bond motifs is 3. The minimum atomic E-state index is -0.438. The van der Waals surface area contributed by atoms with E-state index in [0.29, 0.717) is 23.6 Å². The fraction of sp³-hybridized carbons (Fsp3) is 0.250. The maximum Gasteiger partial charge on any atom is 0.333 e. The van der Waals surface area contributed by atoms with E-state index in [0.717, 1.165) is 48.5 Å². The van der Waals surface area contributed by atoms with Crippen LogP contribution in [0.5, 0.6) is 0 Å². The van der Waals surface area contributed by atoms with E-state index >= 15 is 0 Å². The van der Waals surface area contributed by atoms with Crippen LogP contribution in [-0.4, -0.2) is 22.1 Å². The maximum atomic E-state index is 11.4. The predicted octanol–water partition coefficient (Wildman–Crippen LogP) is 7.80. The van der Waals surface area contributed by atoms with Crippen molar-refractivity contribution in [1.82, 2.24) is 4.57 Å². The molecular formula is C28H28N4O4. The van der Waals surface area contributed by atoms with Crippen LogP contribution in [0.15, 0.2) is 89.1 Å². The maximum absolute atomic E-state index is 11.4. The molecule has 4 rings (SSSR count). The number of carbonyl (C=O) groups excluding carboxylic acids is 1. The van der Waals surface area contributed by atoms with Crippen molar-refractivity contribution in [2.24, 2.45) is 10.2 Å². The highest BCUT2D eigenvalue weighted by Gasteiger charge is 2.11. The molecule has 0 unspecified atom stereocenters. The number of esters is 1. The normalized spacial score (nSPS) is 11.4. The summed E-state index contributed by atoms with van der Waals surface area (Å²) in [5.74, 6) is -0.327. The van der Waals surface area contributed by atoms with E-state index in [1.165, 1.54) is 17.6 Å². The molecule has 0 N–H and O–H groups in total. The molecule has 1 heterocycles. The van der Waals surface area contributed by atoms with Crippen molar-refractivity contribution in [2.45, 2.75) is 39.2 Å². The average Bonchev–Trinajstić information content (AvgIpc) is 3.20. The third-order valence-electron chi connectivity index (χ3n) is 5.96. The van der Waals surface area contributed by atoms with Gasteiger partial charge in [-0.2, -0.15) is 10.2 Å². The Morgan fingerprint density at radius 1 is 0.917 bits per heavy atom. The lowest BCUT2D eigenvalue weighted by atomic mass is 10.1. The van der Waals surface area contributed by atoms with Crippen molar-refractivity contribution in [2.75, 3.05) is 6.61 Å². The number of aromatic nitrogens is 1. The zero-order valence-electron chi connectivity index (χ0n) is 20.2. The Hall–Kier alpha value is -4.33. The summed E-state index contributed by atoms with van der Waals surface area (Å²) in [6.07, 6.45) is 3.90. The molecule has 0 bridgehead atoms. The summed E-state index contributed by atoms with van der Waals surface area (Å²) in [5, 5.41) is 21.7. The van der Waals surface area contributed by atoms with Gasteiger partial charge in [0.25, 0.3) is 5.69 Å². The number of carbonyl (C=O) groups is 1. The second-order valence-corrected chi connectivity index (χ2v) is 8.67. The third kappa shape index (κ3) is 5.83. The number of nitro groups is 1. The molecule has 0 amide bonds. The average molecular weight is 485 g/mol. The number of aryl methyl sites for hydroxylation is 1. The topological polar surface area (TPSA) is 99.1 Å². The zero-order valence-corrected chi connectivity index (χ0v) is 20.2. The van der Waals surface area contributed by atoms with E-state index < -0.39 is 4.92 Å². The first-order valence-corrected chi connectivity index (χ1v) is 11.9. The van der Waals surface area contributed by atoms with Crippen LogP contribution in [-0.2, 0) is 16.1 Å². The second kappa shape index (κ2) is 11.4.